The largest absolute Gasteiger partial charge is 0.323 e. The molecule has 0 saturated carbocycles. The molecule has 5 nitrogen and oxygen atoms in total. The molecule has 1 aromatic carbocycles. The summed E-state index contributed by atoms with van der Waals surface area (Å²) in [6, 6.07) is 2.31. The summed E-state index contributed by atoms with van der Waals surface area (Å²) in [4.78, 5) is 1.56. The first-order chi connectivity index (χ1) is 16.2. The lowest BCUT2D eigenvalue weighted by Gasteiger charge is -2.64. The van der Waals surface area contributed by atoms with Gasteiger partial charge >= 0.3 is 0 Å². The minimum absolute atomic E-state index is 0.0431. The van der Waals surface area contributed by atoms with E-state index in [4.69, 9.17) is 149 Å². The first kappa shape index (κ1) is 28.1. The summed E-state index contributed by atoms with van der Waals surface area (Å²) in [6.45, 7) is 0. The van der Waals surface area contributed by atoms with Crippen LogP contribution in [0.5, 0.6) is 0 Å². The molecule has 18 heteroatoms. The van der Waals surface area contributed by atoms with Crippen LogP contribution >= 0.6 is 155 Å². The molecular weight excluding hydrogens is 800 g/mol. The van der Waals surface area contributed by atoms with Crippen molar-refractivity contribution in [2.45, 2.75) is 39.7 Å². The van der Waals surface area contributed by atoms with Crippen LogP contribution < -0.4 is 0 Å². The van der Waals surface area contributed by atoms with Gasteiger partial charge in [0, 0.05) is 6.07 Å². The second-order valence-electron chi connectivity index (χ2n) is 8.58. The molecule has 4 heterocycles. The van der Waals surface area contributed by atoms with Gasteiger partial charge in [-0.1, -0.05) is 92.8 Å². The van der Waals surface area contributed by atoms with Crippen LogP contribution in [-0.2, 0) is 19.2 Å². The molecule has 0 radical (unpaired) electrons. The van der Waals surface area contributed by atoms with E-state index >= 15 is 0 Å². The Morgan fingerprint density at radius 2 is 1.00 bits per heavy atom. The van der Waals surface area contributed by atoms with Gasteiger partial charge in [-0.3, -0.25) is 10.1 Å². The monoisotopic (exact) mass is 795 g/mol. The predicted molar refractivity (Wildman–Crippen MR) is 147 cm³/mol. The van der Waals surface area contributed by atoms with Gasteiger partial charge in [0.1, 0.15) is 19.5 Å². The summed E-state index contributed by atoms with van der Waals surface area (Å²) in [5, 5.41) is 1.03. The highest BCUT2D eigenvalue weighted by atomic mass is 79.9. The summed E-state index contributed by atoms with van der Waals surface area (Å²) < 4.78 is 11.8. The molecule has 1 aliphatic carbocycles. The predicted octanol–water partition coefficient (Wildman–Crippen LogP) is 9.40. The van der Waals surface area contributed by atoms with E-state index in [1.165, 1.54) is 6.07 Å². The molecule has 6 rings (SSSR count). The number of nitrogens with zero attached hydrogens (tertiary/aromatic N) is 1. The van der Waals surface area contributed by atoms with E-state index in [2.05, 4.69) is 15.9 Å². The normalized spacial score (nSPS) is 52.1. The maximum atomic E-state index is 11.9. The van der Waals surface area contributed by atoms with Gasteiger partial charge in [-0.15, -0.1) is 46.4 Å². The number of nitro groups is 1. The van der Waals surface area contributed by atoms with Gasteiger partial charge in [0.25, 0.3) is 5.69 Å². The summed E-state index contributed by atoms with van der Waals surface area (Å²) in [5.41, 5.74) is -0.682. The molecular formula is C18H2BrCl12NO4. The highest BCUT2D eigenvalue weighted by Crippen LogP contribution is 2.90. The molecule has 2 saturated heterocycles. The number of halogens is 13. The zero-order chi connectivity index (χ0) is 27.0. The number of alkyl halides is 8. The molecule has 1 aromatic rings. The van der Waals surface area contributed by atoms with Crippen molar-refractivity contribution in [1.29, 1.82) is 0 Å². The van der Waals surface area contributed by atoms with Crippen LogP contribution in [0.25, 0.3) is 0 Å². The first-order valence-corrected chi connectivity index (χ1v) is 14.6. The molecule has 0 amide bonds. The lowest BCUT2D eigenvalue weighted by molar-refractivity contribution is -0.385. The SMILES string of the molecule is O=[N+]([O-])c1cc2c(cc1Br)[C@@]1(Cl)[C@@](Cl)([C@@]3(Cl)[C@@]2(Cl)[C@@]2(Cl)O[C@@]3(Cl)C(Cl)=C2Cl)[C@@]2(Cl)O[C@@]1(Cl)C(Cl)=C2Cl. The maximum absolute atomic E-state index is 11.9. The topological polar surface area (TPSA) is 61.6 Å². The maximum Gasteiger partial charge on any atom is 0.283 e. The summed E-state index contributed by atoms with van der Waals surface area (Å²) in [7, 11) is 0. The minimum atomic E-state index is -2.53. The molecule has 4 bridgehead atoms. The molecule has 194 valence electrons. The number of rotatable bonds is 1. The minimum Gasteiger partial charge on any atom is -0.323 e. The van der Waals surface area contributed by atoms with Crippen molar-refractivity contribution < 1.29 is 14.4 Å². The zero-order valence-corrected chi connectivity index (χ0v) is 26.8. The van der Waals surface area contributed by atoms with Gasteiger partial charge in [0.05, 0.1) is 29.5 Å². The Morgan fingerprint density at radius 1 is 0.667 bits per heavy atom. The number of benzene rings is 1. The average molecular weight is 802 g/mol. The smallest absolute Gasteiger partial charge is 0.283 e. The number of ether oxygens (including phenoxy) is 2. The fourth-order valence-corrected chi connectivity index (χ4v) is 12.7. The third-order valence-electron chi connectivity index (χ3n) is 7.30. The summed E-state index contributed by atoms with van der Waals surface area (Å²) >= 11 is 86.4. The Balaban J connectivity index is 1.91. The van der Waals surface area contributed by atoms with Crippen molar-refractivity contribution in [3.05, 3.63) is 58.0 Å². The Labute approximate surface area is 270 Å². The number of hydrogen-bond donors (Lipinski definition) is 0. The Morgan fingerprint density at radius 3 is 1.36 bits per heavy atom. The van der Waals surface area contributed by atoms with Gasteiger partial charge in [-0.2, -0.15) is 0 Å². The van der Waals surface area contributed by atoms with E-state index in [-0.39, 0.29) is 35.7 Å². The molecule has 0 aromatic heterocycles. The number of nitro benzene ring substituents is 1. The second kappa shape index (κ2) is 7.30. The van der Waals surface area contributed by atoms with Crippen LogP contribution in [0.1, 0.15) is 11.1 Å². The van der Waals surface area contributed by atoms with Gasteiger partial charge in [-0.05, 0) is 33.1 Å². The van der Waals surface area contributed by atoms with Crippen LogP contribution in [0.4, 0.5) is 5.69 Å². The molecule has 8 atom stereocenters. The molecule has 5 aliphatic rings. The molecule has 2 fully saturated rings. The molecule has 4 aliphatic heterocycles. The Kier molecular flexibility index (Phi) is 5.70. The lowest BCUT2D eigenvalue weighted by Crippen LogP contribution is -2.80. The van der Waals surface area contributed by atoms with E-state index in [9.17, 15) is 10.1 Å². The van der Waals surface area contributed by atoms with Crippen LogP contribution in [0.2, 0.25) is 0 Å². The second-order valence-corrected chi connectivity index (χ2v) is 15.3. The van der Waals surface area contributed by atoms with E-state index in [0.29, 0.717) is 0 Å². The lowest BCUT2D eigenvalue weighted by atomic mass is 9.55. The third kappa shape index (κ3) is 2.22. The van der Waals surface area contributed by atoms with Crippen molar-refractivity contribution in [2.75, 3.05) is 0 Å². The van der Waals surface area contributed by atoms with E-state index in [1.54, 1.807) is 0 Å². The highest BCUT2D eigenvalue weighted by molar-refractivity contribution is 9.10. The number of hydrogen-bond acceptors (Lipinski definition) is 4. The average Bonchev–Trinajstić information content (AvgIpc) is 3.24. The van der Waals surface area contributed by atoms with Crippen LogP contribution in [0.15, 0.2) is 36.7 Å². The van der Waals surface area contributed by atoms with Crippen LogP contribution in [-0.4, -0.2) is 34.9 Å². The summed E-state index contributed by atoms with van der Waals surface area (Å²) in [6.07, 6.45) is 0. The Hall–Kier alpha value is 1.98. The van der Waals surface area contributed by atoms with Gasteiger partial charge in [0.2, 0.25) is 20.2 Å². The van der Waals surface area contributed by atoms with Crippen molar-refractivity contribution in [1.82, 2.24) is 0 Å². The van der Waals surface area contributed by atoms with Gasteiger partial charge in [0.15, 0.2) is 0 Å². The molecule has 0 N–H and O–H groups in total. The Bertz CT molecular complexity index is 1440. The van der Waals surface area contributed by atoms with Crippen molar-refractivity contribution >= 4 is 161 Å². The van der Waals surface area contributed by atoms with Gasteiger partial charge in [-0.25, -0.2) is 0 Å². The van der Waals surface area contributed by atoms with Gasteiger partial charge < -0.3 is 9.47 Å². The van der Waals surface area contributed by atoms with Crippen molar-refractivity contribution in [3.8, 4) is 0 Å². The zero-order valence-electron chi connectivity index (χ0n) is 16.1. The van der Waals surface area contributed by atoms with E-state index in [1.807, 2.05) is 0 Å². The van der Waals surface area contributed by atoms with Crippen LogP contribution in [0, 0.1) is 10.1 Å². The van der Waals surface area contributed by atoms with E-state index in [0.717, 1.165) is 6.07 Å². The van der Waals surface area contributed by atoms with E-state index < -0.39 is 50.3 Å². The first-order valence-electron chi connectivity index (χ1n) is 9.27. The fraction of sp³-hybridized carbons (Fsp3) is 0.444. The van der Waals surface area contributed by atoms with Crippen molar-refractivity contribution in [2.24, 2.45) is 0 Å². The standard InChI is InChI=1S/C18H2BrCl12NO4/c19-5-1-3-4(2-6(5)32(33)34)12(25)14(27)8(21)10(23)16(29,36-14)18(12,31)17(30)11(3,24)13(26)7(20)9(22)15(17,28)35-13/h1-2H/t11-,12-,13-,14-,15-,16-,17-,18+/m0/s1. The molecule has 36 heavy (non-hydrogen) atoms. The fourth-order valence-electron chi connectivity index (χ4n) is 5.81. The molecule has 0 unspecified atom stereocenters. The summed E-state index contributed by atoms with van der Waals surface area (Å²) in [5.74, 6) is 0. The highest BCUT2D eigenvalue weighted by Gasteiger charge is 3.02. The third-order valence-corrected chi connectivity index (χ3v) is 16.4. The number of fused-ring (bicyclic) bond motifs is 14. The molecule has 0 spiro atoms. The van der Waals surface area contributed by atoms with Crippen LogP contribution in [0.3, 0.4) is 0 Å². The quantitative estimate of drug-likeness (QED) is 0.161. The van der Waals surface area contributed by atoms with Crippen molar-refractivity contribution in [3.63, 3.8) is 0 Å².